The van der Waals surface area contributed by atoms with E-state index in [0.29, 0.717) is 12.3 Å². The van der Waals surface area contributed by atoms with Gasteiger partial charge in [-0.2, -0.15) is 0 Å². The van der Waals surface area contributed by atoms with Gasteiger partial charge in [0.2, 0.25) is 0 Å². The zero-order chi connectivity index (χ0) is 12.4. The Balaban J connectivity index is 2.13. The number of ether oxygens (including phenoxy) is 1. The van der Waals surface area contributed by atoms with Gasteiger partial charge in [0.25, 0.3) is 0 Å². The van der Waals surface area contributed by atoms with Gasteiger partial charge in [-0.05, 0) is 43.0 Å². The molecule has 1 aromatic carbocycles. The summed E-state index contributed by atoms with van der Waals surface area (Å²) in [7, 11) is 1.71. The maximum absolute atomic E-state index is 11.6. The maximum Gasteiger partial charge on any atom is 0.414 e. The molecule has 1 aliphatic rings. The minimum absolute atomic E-state index is 0.0764. The molecular weight excluding hydrogens is 216 g/mol. The lowest BCUT2D eigenvalue weighted by Crippen LogP contribution is -2.29. The highest BCUT2D eigenvalue weighted by molar-refractivity contribution is 5.70. The highest BCUT2D eigenvalue weighted by Gasteiger charge is 2.20. The number of aryl methyl sites for hydroxylation is 1. The largest absolute Gasteiger partial charge is 0.414 e. The molecule has 17 heavy (non-hydrogen) atoms. The van der Waals surface area contributed by atoms with E-state index in [1.54, 1.807) is 7.05 Å². The van der Waals surface area contributed by atoms with Gasteiger partial charge in [0.1, 0.15) is 5.75 Å². The SMILES string of the molecule is CCN(C)C(=O)Oc1ccc2c(c1)[C@H](N)CC2. The molecule has 1 atom stereocenters. The Hall–Kier alpha value is -1.55. The molecule has 0 heterocycles. The van der Waals surface area contributed by atoms with Crippen LogP contribution in [0, 0.1) is 0 Å². The molecule has 0 aromatic heterocycles. The third kappa shape index (κ3) is 2.42. The van der Waals surface area contributed by atoms with Crippen molar-refractivity contribution in [2.24, 2.45) is 5.73 Å². The lowest BCUT2D eigenvalue weighted by atomic mass is 10.1. The van der Waals surface area contributed by atoms with Gasteiger partial charge >= 0.3 is 6.09 Å². The molecule has 4 nitrogen and oxygen atoms in total. The molecule has 1 aliphatic carbocycles. The first kappa shape index (κ1) is 11.9. The van der Waals surface area contributed by atoms with Crippen molar-refractivity contribution in [1.82, 2.24) is 4.90 Å². The van der Waals surface area contributed by atoms with Crippen molar-refractivity contribution < 1.29 is 9.53 Å². The molecule has 0 spiro atoms. The summed E-state index contributed by atoms with van der Waals surface area (Å²) in [6.45, 7) is 2.53. The molecule has 0 aliphatic heterocycles. The Morgan fingerprint density at radius 2 is 2.35 bits per heavy atom. The zero-order valence-corrected chi connectivity index (χ0v) is 10.3. The monoisotopic (exact) mass is 234 g/mol. The number of carbonyl (C=O) groups is 1. The summed E-state index contributed by atoms with van der Waals surface area (Å²) < 4.78 is 5.27. The number of amides is 1. The number of benzene rings is 1. The Morgan fingerprint density at radius 3 is 3.06 bits per heavy atom. The van der Waals surface area contributed by atoms with E-state index in [1.165, 1.54) is 10.5 Å². The van der Waals surface area contributed by atoms with E-state index in [2.05, 4.69) is 0 Å². The van der Waals surface area contributed by atoms with Crippen LogP contribution in [0.15, 0.2) is 18.2 Å². The van der Waals surface area contributed by atoms with Gasteiger partial charge in [0.05, 0.1) is 0 Å². The quantitative estimate of drug-likeness (QED) is 0.852. The zero-order valence-electron chi connectivity index (χ0n) is 10.3. The van der Waals surface area contributed by atoms with Gasteiger partial charge in [0, 0.05) is 19.6 Å². The smallest absolute Gasteiger partial charge is 0.410 e. The number of rotatable bonds is 2. The molecular formula is C13H18N2O2. The standard InChI is InChI=1S/C13H18N2O2/c1-3-15(2)13(16)17-10-6-4-9-5-7-12(14)11(9)8-10/h4,6,8,12H,3,5,7,14H2,1-2H3/t12-/m1/s1. The third-order valence-electron chi connectivity index (χ3n) is 3.23. The van der Waals surface area contributed by atoms with Gasteiger partial charge in [0.15, 0.2) is 0 Å². The molecule has 4 heteroatoms. The molecule has 2 N–H and O–H groups in total. The summed E-state index contributed by atoms with van der Waals surface area (Å²) in [5.74, 6) is 0.575. The molecule has 1 aromatic rings. The number of nitrogens with zero attached hydrogens (tertiary/aromatic N) is 1. The maximum atomic E-state index is 11.6. The molecule has 0 fully saturated rings. The van der Waals surface area contributed by atoms with Crippen LogP contribution < -0.4 is 10.5 Å². The van der Waals surface area contributed by atoms with Gasteiger partial charge in [-0.25, -0.2) is 4.79 Å². The van der Waals surface area contributed by atoms with E-state index in [0.717, 1.165) is 18.4 Å². The fourth-order valence-corrected chi connectivity index (χ4v) is 1.98. The van der Waals surface area contributed by atoms with Crippen molar-refractivity contribution in [3.8, 4) is 5.75 Å². The summed E-state index contributed by atoms with van der Waals surface area (Å²) in [6.07, 6.45) is 1.65. The summed E-state index contributed by atoms with van der Waals surface area (Å²) in [5, 5.41) is 0. The first-order valence-electron chi connectivity index (χ1n) is 5.93. The normalized spacial score (nSPS) is 17.7. The third-order valence-corrected chi connectivity index (χ3v) is 3.23. The van der Waals surface area contributed by atoms with E-state index >= 15 is 0 Å². The topological polar surface area (TPSA) is 55.6 Å². The molecule has 2 rings (SSSR count). The summed E-state index contributed by atoms with van der Waals surface area (Å²) >= 11 is 0. The average molecular weight is 234 g/mol. The van der Waals surface area contributed by atoms with E-state index < -0.39 is 0 Å². The van der Waals surface area contributed by atoms with Crippen LogP contribution in [-0.2, 0) is 6.42 Å². The Morgan fingerprint density at radius 1 is 1.59 bits per heavy atom. The Bertz CT molecular complexity index is 431. The van der Waals surface area contributed by atoms with Crippen LogP contribution in [0.5, 0.6) is 5.75 Å². The van der Waals surface area contributed by atoms with Crippen LogP contribution in [0.2, 0.25) is 0 Å². The molecule has 0 saturated carbocycles. The number of fused-ring (bicyclic) bond motifs is 1. The van der Waals surface area contributed by atoms with Crippen LogP contribution in [-0.4, -0.2) is 24.6 Å². The second-order valence-corrected chi connectivity index (χ2v) is 4.39. The number of nitrogens with two attached hydrogens (primary N) is 1. The van der Waals surface area contributed by atoms with Gasteiger partial charge in [-0.1, -0.05) is 6.07 Å². The summed E-state index contributed by atoms with van der Waals surface area (Å²) in [5.41, 5.74) is 8.35. The highest BCUT2D eigenvalue weighted by Crippen LogP contribution is 2.32. The first-order chi connectivity index (χ1) is 8.11. The Labute approximate surface area is 101 Å². The predicted octanol–water partition coefficient (Wildman–Crippen LogP) is 2.08. The second kappa shape index (κ2) is 4.75. The fourth-order valence-electron chi connectivity index (χ4n) is 1.98. The lowest BCUT2D eigenvalue weighted by Gasteiger charge is -2.15. The summed E-state index contributed by atoms with van der Waals surface area (Å²) in [4.78, 5) is 13.1. The van der Waals surface area contributed by atoms with Crippen molar-refractivity contribution in [2.75, 3.05) is 13.6 Å². The minimum atomic E-state index is -0.334. The first-order valence-corrected chi connectivity index (χ1v) is 5.93. The number of carbonyl (C=O) groups excluding carboxylic acids is 1. The minimum Gasteiger partial charge on any atom is -0.410 e. The van der Waals surface area contributed by atoms with Gasteiger partial charge in [-0.3, -0.25) is 0 Å². The molecule has 0 bridgehead atoms. The second-order valence-electron chi connectivity index (χ2n) is 4.39. The molecule has 0 saturated heterocycles. The van der Waals surface area contributed by atoms with Gasteiger partial charge < -0.3 is 15.4 Å². The van der Waals surface area contributed by atoms with E-state index in [9.17, 15) is 4.79 Å². The Kier molecular flexibility index (Phi) is 3.33. The number of hydrogen-bond acceptors (Lipinski definition) is 3. The molecule has 0 radical (unpaired) electrons. The average Bonchev–Trinajstić information content (AvgIpc) is 2.70. The molecule has 1 amide bonds. The summed E-state index contributed by atoms with van der Waals surface area (Å²) in [6, 6.07) is 5.79. The van der Waals surface area contributed by atoms with Crippen molar-refractivity contribution >= 4 is 6.09 Å². The predicted molar refractivity (Wildman–Crippen MR) is 66.0 cm³/mol. The van der Waals surface area contributed by atoms with E-state index in [4.69, 9.17) is 10.5 Å². The lowest BCUT2D eigenvalue weighted by molar-refractivity contribution is 0.165. The van der Waals surface area contributed by atoms with Gasteiger partial charge in [-0.15, -0.1) is 0 Å². The van der Waals surface area contributed by atoms with Crippen molar-refractivity contribution in [2.45, 2.75) is 25.8 Å². The molecule has 0 unspecified atom stereocenters. The van der Waals surface area contributed by atoms with E-state index in [1.807, 2.05) is 25.1 Å². The van der Waals surface area contributed by atoms with E-state index in [-0.39, 0.29) is 12.1 Å². The van der Waals surface area contributed by atoms with Crippen molar-refractivity contribution in [3.63, 3.8) is 0 Å². The van der Waals surface area contributed by atoms with Crippen molar-refractivity contribution in [3.05, 3.63) is 29.3 Å². The van der Waals surface area contributed by atoms with Crippen LogP contribution in [0.1, 0.15) is 30.5 Å². The fraction of sp³-hybridized carbons (Fsp3) is 0.462. The van der Waals surface area contributed by atoms with Crippen molar-refractivity contribution in [1.29, 1.82) is 0 Å². The number of hydrogen-bond donors (Lipinski definition) is 1. The highest BCUT2D eigenvalue weighted by atomic mass is 16.6. The van der Waals surface area contributed by atoms with Crippen LogP contribution in [0.3, 0.4) is 0 Å². The molecule has 92 valence electrons. The van der Waals surface area contributed by atoms with Crippen LogP contribution in [0.25, 0.3) is 0 Å². The van der Waals surface area contributed by atoms with Crippen LogP contribution in [0.4, 0.5) is 4.79 Å². The van der Waals surface area contributed by atoms with Crippen LogP contribution >= 0.6 is 0 Å².